The third-order valence-corrected chi connectivity index (χ3v) is 0.939. The van der Waals surface area contributed by atoms with Crippen molar-refractivity contribution in [3.05, 3.63) is 12.7 Å². The van der Waals surface area contributed by atoms with Crippen molar-refractivity contribution in [1.82, 2.24) is 5.32 Å². The fourth-order valence-corrected chi connectivity index (χ4v) is 0.500. The number of carbonyl (C=O) groups excluding carboxylic acids is 1. The van der Waals surface area contributed by atoms with Gasteiger partial charge in [-0.1, -0.05) is 6.08 Å². The van der Waals surface area contributed by atoms with Crippen LogP contribution in [0.3, 0.4) is 0 Å². The fourth-order valence-electron chi connectivity index (χ4n) is 0.500. The molecule has 0 aliphatic heterocycles. The van der Waals surface area contributed by atoms with E-state index >= 15 is 0 Å². The van der Waals surface area contributed by atoms with Crippen LogP contribution in [0.5, 0.6) is 0 Å². The number of rotatable bonds is 6. The Labute approximate surface area is 78.6 Å². The Morgan fingerprint density at radius 3 is 2.83 bits per heavy atom. The summed E-state index contributed by atoms with van der Waals surface area (Å²) in [4.78, 5) is 10.7. The molecule has 4 nitrogen and oxygen atoms in total. The van der Waals surface area contributed by atoms with Crippen molar-refractivity contribution in [1.29, 1.82) is 0 Å². The van der Waals surface area contributed by atoms with Crippen LogP contribution in [0.1, 0.15) is 0 Å². The molecule has 0 heterocycles. The van der Waals surface area contributed by atoms with Gasteiger partial charge in [-0.2, -0.15) is 0 Å². The molecule has 0 unspecified atom stereocenters. The lowest BCUT2D eigenvalue weighted by Gasteiger charge is -2.02. The highest BCUT2D eigenvalue weighted by atomic mass is 35.5. The predicted octanol–water partition coefficient (Wildman–Crippen LogP) is -0.314. The van der Waals surface area contributed by atoms with E-state index in [0.29, 0.717) is 13.1 Å². The average Bonchev–Trinajstić information content (AvgIpc) is 2.01. The number of hydrogen-bond acceptors (Lipinski definition) is 4. The van der Waals surface area contributed by atoms with Gasteiger partial charge in [-0.15, -0.1) is 19.0 Å². The molecule has 0 saturated heterocycles. The Balaban J connectivity index is 0. The van der Waals surface area contributed by atoms with Gasteiger partial charge in [0.15, 0.2) is 0 Å². The summed E-state index contributed by atoms with van der Waals surface area (Å²) in [5.74, 6) is -0.280. The van der Waals surface area contributed by atoms with E-state index in [-0.39, 0.29) is 31.5 Å². The average molecular weight is 195 g/mol. The molecule has 0 spiro atoms. The van der Waals surface area contributed by atoms with E-state index in [1.54, 1.807) is 6.08 Å². The molecule has 0 atom stereocenters. The van der Waals surface area contributed by atoms with Gasteiger partial charge < -0.3 is 15.8 Å². The third kappa shape index (κ3) is 9.42. The molecule has 0 aliphatic carbocycles. The zero-order chi connectivity index (χ0) is 8.53. The highest BCUT2D eigenvalue weighted by Gasteiger charge is 1.98. The van der Waals surface area contributed by atoms with E-state index in [2.05, 4.69) is 16.6 Å². The Kier molecular flexibility index (Phi) is 12.1. The first-order valence-corrected chi connectivity index (χ1v) is 3.48. The summed E-state index contributed by atoms with van der Waals surface area (Å²) in [6.07, 6.45) is 1.68. The number of nitrogens with two attached hydrogens (primary N) is 1. The minimum Gasteiger partial charge on any atom is -0.463 e. The van der Waals surface area contributed by atoms with E-state index < -0.39 is 0 Å². The van der Waals surface area contributed by atoms with Crippen LogP contribution >= 0.6 is 12.4 Å². The molecule has 0 saturated carbocycles. The number of ether oxygens (including phenoxy) is 1. The van der Waals surface area contributed by atoms with Crippen molar-refractivity contribution in [2.75, 3.05) is 26.2 Å². The monoisotopic (exact) mass is 194 g/mol. The molecule has 0 aromatic carbocycles. The van der Waals surface area contributed by atoms with Crippen molar-refractivity contribution >= 4 is 18.4 Å². The maximum absolute atomic E-state index is 10.7. The van der Waals surface area contributed by atoms with Gasteiger partial charge in [0.1, 0.15) is 6.61 Å². The van der Waals surface area contributed by atoms with Crippen molar-refractivity contribution in [3.63, 3.8) is 0 Å². The van der Waals surface area contributed by atoms with Gasteiger partial charge in [-0.3, -0.25) is 4.79 Å². The van der Waals surface area contributed by atoms with Crippen molar-refractivity contribution in [2.45, 2.75) is 0 Å². The molecule has 0 rings (SSSR count). The quantitative estimate of drug-likeness (QED) is 0.346. The Bertz CT molecular complexity index is 131. The van der Waals surface area contributed by atoms with Crippen LogP contribution in [-0.4, -0.2) is 32.2 Å². The summed E-state index contributed by atoms with van der Waals surface area (Å²) < 4.78 is 4.68. The highest BCUT2D eigenvalue weighted by molar-refractivity contribution is 5.85. The molecule has 0 fully saturated rings. The molecule has 3 N–H and O–H groups in total. The van der Waals surface area contributed by atoms with Crippen LogP contribution in [0.2, 0.25) is 0 Å². The minimum absolute atomic E-state index is 0. The standard InChI is InChI=1S/C7H14N2O2.ClH/c1-2-4-9-6-7(10)11-5-3-8;/h2,9H,1,3-6,8H2;1H. The van der Waals surface area contributed by atoms with Gasteiger partial charge >= 0.3 is 5.97 Å². The first-order valence-electron chi connectivity index (χ1n) is 3.48. The maximum atomic E-state index is 10.7. The largest absolute Gasteiger partial charge is 0.463 e. The second kappa shape index (κ2) is 10.4. The van der Waals surface area contributed by atoms with E-state index in [4.69, 9.17) is 5.73 Å². The van der Waals surface area contributed by atoms with Gasteiger partial charge in [0, 0.05) is 13.1 Å². The molecule has 0 aromatic heterocycles. The summed E-state index contributed by atoms with van der Waals surface area (Å²) in [6.45, 7) is 4.96. The first-order chi connectivity index (χ1) is 5.31. The lowest BCUT2D eigenvalue weighted by atomic mass is 10.5. The van der Waals surface area contributed by atoms with E-state index in [1.807, 2.05) is 0 Å². The zero-order valence-electron chi connectivity index (χ0n) is 6.91. The topological polar surface area (TPSA) is 64.3 Å². The molecule has 0 bridgehead atoms. The van der Waals surface area contributed by atoms with Gasteiger partial charge in [-0.25, -0.2) is 0 Å². The molecular formula is C7H15ClN2O2. The summed E-state index contributed by atoms with van der Waals surface area (Å²) in [6, 6.07) is 0. The third-order valence-electron chi connectivity index (χ3n) is 0.939. The van der Waals surface area contributed by atoms with Gasteiger partial charge in [0.25, 0.3) is 0 Å². The Morgan fingerprint density at radius 2 is 2.33 bits per heavy atom. The number of hydrogen-bond donors (Lipinski definition) is 2. The van der Waals surface area contributed by atoms with Gasteiger partial charge in [0.2, 0.25) is 0 Å². The second-order valence-electron chi connectivity index (χ2n) is 1.93. The number of halogens is 1. The van der Waals surface area contributed by atoms with Crippen molar-refractivity contribution < 1.29 is 9.53 Å². The van der Waals surface area contributed by atoms with Gasteiger partial charge in [0.05, 0.1) is 6.54 Å². The van der Waals surface area contributed by atoms with Gasteiger partial charge in [-0.05, 0) is 0 Å². The van der Waals surface area contributed by atoms with Crippen LogP contribution in [0.25, 0.3) is 0 Å². The van der Waals surface area contributed by atoms with Crippen LogP contribution < -0.4 is 11.1 Å². The van der Waals surface area contributed by atoms with Crippen LogP contribution in [0, 0.1) is 0 Å². The molecule has 12 heavy (non-hydrogen) atoms. The van der Waals surface area contributed by atoms with Crippen LogP contribution in [-0.2, 0) is 9.53 Å². The molecule has 5 heteroatoms. The van der Waals surface area contributed by atoms with E-state index in [0.717, 1.165) is 0 Å². The fraction of sp³-hybridized carbons (Fsp3) is 0.571. The molecule has 0 aromatic rings. The normalized spacial score (nSPS) is 8.42. The Hall–Kier alpha value is -0.580. The van der Waals surface area contributed by atoms with Crippen molar-refractivity contribution in [2.24, 2.45) is 5.73 Å². The van der Waals surface area contributed by atoms with Crippen LogP contribution in [0.4, 0.5) is 0 Å². The first kappa shape index (κ1) is 14.0. The zero-order valence-corrected chi connectivity index (χ0v) is 7.73. The Morgan fingerprint density at radius 1 is 1.67 bits per heavy atom. The minimum atomic E-state index is -0.280. The number of carbonyl (C=O) groups is 1. The molecular weight excluding hydrogens is 180 g/mol. The van der Waals surface area contributed by atoms with E-state index in [1.165, 1.54) is 0 Å². The number of nitrogens with one attached hydrogen (secondary N) is 1. The van der Waals surface area contributed by atoms with Crippen LogP contribution in [0.15, 0.2) is 12.7 Å². The lowest BCUT2D eigenvalue weighted by molar-refractivity contribution is -0.142. The second-order valence-corrected chi connectivity index (χ2v) is 1.93. The smallest absolute Gasteiger partial charge is 0.319 e. The summed E-state index contributed by atoms with van der Waals surface area (Å²) in [7, 11) is 0. The summed E-state index contributed by atoms with van der Waals surface area (Å²) in [5, 5.41) is 2.81. The highest BCUT2D eigenvalue weighted by Crippen LogP contribution is 1.74. The lowest BCUT2D eigenvalue weighted by Crippen LogP contribution is -2.26. The SMILES string of the molecule is C=CCNCC(=O)OCCN.Cl. The predicted molar refractivity (Wildman–Crippen MR) is 50.3 cm³/mol. The summed E-state index contributed by atoms with van der Waals surface area (Å²) >= 11 is 0. The molecule has 0 radical (unpaired) electrons. The summed E-state index contributed by atoms with van der Waals surface area (Å²) in [5.41, 5.74) is 5.12. The maximum Gasteiger partial charge on any atom is 0.319 e. The molecule has 72 valence electrons. The molecule has 0 aliphatic rings. The van der Waals surface area contributed by atoms with E-state index in [9.17, 15) is 4.79 Å². The molecule has 0 amide bonds. The number of esters is 1. The van der Waals surface area contributed by atoms with Crippen molar-refractivity contribution in [3.8, 4) is 0 Å².